The zero-order valence-electron chi connectivity index (χ0n) is 16.4. The Kier molecular flexibility index (Phi) is 7.54. The van der Waals surface area contributed by atoms with E-state index >= 15 is 0 Å². The maximum absolute atomic E-state index is 5.86. The Hall–Kier alpha value is -3.22. The lowest BCUT2D eigenvalue weighted by Crippen LogP contribution is -1.90. The summed E-state index contributed by atoms with van der Waals surface area (Å²) in [4.78, 5) is 4.42. The number of benzene rings is 4. The molecule has 0 bridgehead atoms. The molecule has 8 N–H and O–H groups in total. The largest absolute Gasteiger partial charge is 0.399 e. The molecule has 4 aromatic rings. The quantitative estimate of drug-likeness (QED) is 0.295. The van der Waals surface area contributed by atoms with Gasteiger partial charge in [-0.25, -0.2) is 0 Å². The van der Waals surface area contributed by atoms with Gasteiger partial charge in [-0.2, -0.15) is 0 Å². The molecule has 0 aromatic heterocycles. The van der Waals surface area contributed by atoms with Crippen molar-refractivity contribution in [1.29, 1.82) is 0 Å². The predicted molar refractivity (Wildman–Crippen MR) is 132 cm³/mol. The number of anilines is 4. The van der Waals surface area contributed by atoms with Gasteiger partial charge >= 0.3 is 0 Å². The Balaban J connectivity index is 0.000000171. The molecule has 0 saturated carbocycles. The van der Waals surface area contributed by atoms with Gasteiger partial charge in [-0.05, 0) is 72.8 Å². The average Bonchev–Trinajstić information content (AvgIpc) is 2.75. The second kappa shape index (κ2) is 10.5. The van der Waals surface area contributed by atoms with Crippen LogP contribution >= 0.6 is 23.5 Å². The summed E-state index contributed by atoms with van der Waals surface area (Å²) >= 11 is 3.28. The molecule has 30 heavy (non-hydrogen) atoms. The van der Waals surface area contributed by atoms with Crippen LogP contribution in [0.1, 0.15) is 0 Å². The van der Waals surface area contributed by atoms with E-state index in [0.29, 0.717) is 0 Å². The molecular formula is C24H24N4S2. The van der Waals surface area contributed by atoms with Crippen molar-refractivity contribution in [2.24, 2.45) is 0 Å². The zero-order valence-corrected chi connectivity index (χ0v) is 18.0. The highest BCUT2D eigenvalue weighted by Crippen LogP contribution is 2.34. The molecule has 0 aliphatic heterocycles. The summed E-state index contributed by atoms with van der Waals surface area (Å²) in [5.74, 6) is 0. The number of rotatable bonds is 4. The van der Waals surface area contributed by atoms with Crippen LogP contribution in [0.25, 0.3) is 0 Å². The average molecular weight is 433 g/mol. The lowest BCUT2D eigenvalue weighted by molar-refractivity contribution is 1.41. The van der Waals surface area contributed by atoms with Crippen LogP contribution in [0, 0.1) is 0 Å². The van der Waals surface area contributed by atoms with Crippen molar-refractivity contribution in [3.8, 4) is 0 Å². The van der Waals surface area contributed by atoms with Crippen molar-refractivity contribution >= 4 is 46.3 Å². The molecule has 0 amide bonds. The van der Waals surface area contributed by atoms with Crippen LogP contribution < -0.4 is 22.9 Å². The van der Waals surface area contributed by atoms with E-state index in [0.717, 1.165) is 32.5 Å². The van der Waals surface area contributed by atoms with Crippen molar-refractivity contribution in [1.82, 2.24) is 0 Å². The van der Waals surface area contributed by atoms with E-state index in [1.807, 2.05) is 97.1 Å². The molecule has 0 heterocycles. The molecule has 0 aliphatic rings. The summed E-state index contributed by atoms with van der Waals surface area (Å²) in [6.07, 6.45) is 0. The molecule has 4 aromatic carbocycles. The second-order valence-electron chi connectivity index (χ2n) is 6.42. The van der Waals surface area contributed by atoms with Gasteiger partial charge in [-0.15, -0.1) is 0 Å². The zero-order chi connectivity index (χ0) is 21.3. The van der Waals surface area contributed by atoms with E-state index in [4.69, 9.17) is 22.9 Å². The summed E-state index contributed by atoms with van der Waals surface area (Å²) in [6.45, 7) is 0. The van der Waals surface area contributed by atoms with Gasteiger partial charge in [0.05, 0.1) is 0 Å². The van der Waals surface area contributed by atoms with E-state index in [2.05, 4.69) is 0 Å². The molecule has 0 saturated heterocycles. The van der Waals surface area contributed by atoms with E-state index < -0.39 is 0 Å². The van der Waals surface area contributed by atoms with Crippen molar-refractivity contribution in [2.45, 2.75) is 19.6 Å². The van der Waals surface area contributed by atoms with Crippen molar-refractivity contribution in [2.75, 3.05) is 22.9 Å². The van der Waals surface area contributed by atoms with Gasteiger partial charge in [-0.1, -0.05) is 47.8 Å². The molecule has 0 unspecified atom stereocenters. The van der Waals surface area contributed by atoms with Crippen LogP contribution in [0.3, 0.4) is 0 Å². The fraction of sp³-hybridized carbons (Fsp3) is 0. The minimum Gasteiger partial charge on any atom is -0.399 e. The van der Waals surface area contributed by atoms with Crippen LogP contribution in [-0.2, 0) is 0 Å². The number of hydrogen-bond acceptors (Lipinski definition) is 6. The number of nitrogens with two attached hydrogens (primary N) is 4. The highest BCUT2D eigenvalue weighted by atomic mass is 32.2. The van der Waals surface area contributed by atoms with Crippen molar-refractivity contribution < 1.29 is 0 Å². The SMILES string of the molecule is Nc1ccc(Sc2ccc(N)cc2)cc1.Nc1ccccc1Sc1ccccc1N. The maximum Gasteiger partial charge on any atom is 0.0455 e. The second-order valence-corrected chi connectivity index (χ2v) is 8.65. The Labute approximate surface area is 185 Å². The van der Waals surface area contributed by atoms with Crippen molar-refractivity contribution in [3.05, 3.63) is 97.1 Å². The fourth-order valence-corrected chi connectivity index (χ4v) is 4.19. The molecule has 0 spiro atoms. The standard InChI is InChI=1S/2C12H12N2S/c13-9-1-5-11(6-2-9)15-12-7-3-10(14)4-8-12;13-9-5-1-3-7-11(9)15-12-8-4-2-6-10(12)14/h2*1-8H,13-14H2. The molecule has 0 radical (unpaired) electrons. The number of nitrogen functional groups attached to an aromatic ring is 4. The van der Waals surface area contributed by atoms with Gasteiger partial charge in [0.15, 0.2) is 0 Å². The smallest absolute Gasteiger partial charge is 0.0455 e. The Morgan fingerprint density at radius 3 is 1.13 bits per heavy atom. The third-order valence-electron chi connectivity index (χ3n) is 4.05. The predicted octanol–water partition coefficient (Wildman–Crippen LogP) is 6.00. The molecular weight excluding hydrogens is 408 g/mol. The number of hydrogen-bond donors (Lipinski definition) is 4. The first-order valence-corrected chi connectivity index (χ1v) is 10.9. The highest BCUT2D eigenvalue weighted by Gasteiger charge is 2.03. The first-order chi connectivity index (χ1) is 14.5. The van der Waals surface area contributed by atoms with Crippen LogP contribution in [0.2, 0.25) is 0 Å². The molecule has 6 heteroatoms. The van der Waals surface area contributed by atoms with Gasteiger partial charge < -0.3 is 22.9 Å². The van der Waals surface area contributed by atoms with E-state index in [-0.39, 0.29) is 0 Å². The normalized spacial score (nSPS) is 10.1. The van der Waals surface area contributed by atoms with Crippen LogP contribution in [0.5, 0.6) is 0 Å². The Bertz CT molecular complexity index is 994. The van der Waals surface area contributed by atoms with Crippen molar-refractivity contribution in [3.63, 3.8) is 0 Å². The third-order valence-corrected chi connectivity index (χ3v) is 6.25. The summed E-state index contributed by atoms with van der Waals surface area (Å²) < 4.78 is 0. The molecule has 4 rings (SSSR count). The molecule has 0 atom stereocenters. The van der Waals surface area contributed by atoms with E-state index in [9.17, 15) is 0 Å². The maximum atomic E-state index is 5.86. The van der Waals surface area contributed by atoms with Gasteiger partial charge in [0.25, 0.3) is 0 Å². The molecule has 152 valence electrons. The molecule has 0 aliphatic carbocycles. The summed E-state index contributed by atoms with van der Waals surface area (Å²) in [5, 5.41) is 0. The summed E-state index contributed by atoms with van der Waals surface area (Å²) in [6, 6.07) is 31.2. The van der Waals surface area contributed by atoms with Gasteiger partial charge in [-0.3, -0.25) is 0 Å². The van der Waals surface area contributed by atoms with E-state index in [1.165, 1.54) is 9.79 Å². The first-order valence-electron chi connectivity index (χ1n) is 9.27. The summed E-state index contributed by atoms with van der Waals surface area (Å²) in [5.41, 5.74) is 26.1. The monoisotopic (exact) mass is 432 g/mol. The van der Waals surface area contributed by atoms with Crippen LogP contribution in [-0.4, -0.2) is 0 Å². The van der Waals surface area contributed by atoms with Gasteiger partial charge in [0, 0.05) is 42.3 Å². The number of para-hydroxylation sites is 2. The van der Waals surface area contributed by atoms with Gasteiger partial charge in [0.2, 0.25) is 0 Å². The van der Waals surface area contributed by atoms with E-state index in [1.54, 1.807) is 23.5 Å². The molecule has 4 nitrogen and oxygen atoms in total. The van der Waals surface area contributed by atoms with Gasteiger partial charge in [0.1, 0.15) is 0 Å². The van der Waals surface area contributed by atoms with Crippen LogP contribution in [0.4, 0.5) is 22.7 Å². The minimum atomic E-state index is 0.783. The first kappa shape index (κ1) is 21.5. The third kappa shape index (κ3) is 6.40. The Morgan fingerprint density at radius 1 is 0.400 bits per heavy atom. The molecule has 0 fully saturated rings. The van der Waals surface area contributed by atoms with Crippen LogP contribution in [0.15, 0.2) is 117 Å². The topological polar surface area (TPSA) is 104 Å². The Morgan fingerprint density at radius 2 is 0.767 bits per heavy atom. The summed E-state index contributed by atoms with van der Waals surface area (Å²) in [7, 11) is 0. The minimum absolute atomic E-state index is 0.783. The lowest BCUT2D eigenvalue weighted by Gasteiger charge is -2.06. The highest BCUT2D eigenvalue weighted by molar-refractivity contribution is 7.99. The fourth-order valence-electron chi connectivity index (χ4n) is 2.47. The lowest BCUT2D eigenvalue weighted by atomic mass is 10.3.